The minimum atomic E-state index is 0.0982. The van der Waals surface area contributed by atoms with Crippen molar-refractivity contribution in [2.45, 2.75) is 13.8 Å². The Kier molecular flexibility index (Phi) is 2.04. The quantitative estimate of drug-likeness (QED) is 0.639. The van der Waals surface area contributed by atoms with E-state index in [1.807, 2.05) is 31.2 Å². The van der Waals surface area contributed by atoms with E-state index in [1.165, 1.54) is 0 Å². The third-order valence-corrected chi connectivity index (χ3v) is 2.32. The van der Waals surface area contributed by atoms with Gasteiger partial charge in [-0.05, 0) is 25.5 Å². The van der Waals surface area contributed by atoms with Crippen molar-refractivity contribution in [2.24, 2.45) is 0 Å². The molecule has 0 fully saturated rings. The van der Waals surface area contributed by atoms with E-state index in [4.69, 9.17) is 0 Å². The van der Waals surface area contributed by atoms with Crippen LogP contribution in [0.3, 0.4) is 0 Å². The number of aryl methyl sites for hydroxylation is 1. The lowest BCUT2D eigenvalue weighted by molar-refractivity contribution is 0.101. The smallest absolute Gasteiger partial charge is 0.160 e. The highest BCUT2D eigenvalue weighted by molar-refractivity contribution is 6.07. The molecule has 0 unspecified atom stereocenters. The molecule has 2 rings (SSSR count). The highest BCUT2D eigenvalue weighted by Crippen LogP contribution is 2.19. The first kappa shape index (κ1) is 8.88. The van der Waals surface area contributed by atoms with Gasteiger partial charge >= 0.3 is 0 Å². The van der Waals surface area contributed by atoms with E-state index < -0.39 is 0 Å². The Morgan fingerprint density at radius 3 is 2.71 bits per heavy atom. The van der Waals surface area contributed by atoms with Gasteiger partial charge in [-0.2, -0.15) is 0 Å². The van der Waals surface area contributed by atoms with Gasteiger partial charge in [-0.1, -0.05) is 18.2 Å². The zero-order chi connectivity index (χ0) is 10.1. The summed E-state index contributed by atoms with van der Waals surface area (Å²) in [7, 11) is 0. The molecule has 0 saturated heterocycles. The van der Waals surface area contributed by atoms with Crippen LogP contribution in [0.2, 0.25) is 0 Å². The Morgan fingerprint density at radius 1 is 1.29 bits per heavy atom. The molecule has 2 nitrogen and oxygen atoms in total. The normalized spacial score (nSPS) is 10.4. The molecule has 70 valence electrons. The van der Waals surface area contributed by atoms with E-state index >= 15 is 0 Å². The number of fused-ring (bicyclic) bond motifs is 1. The average molecular weight is 185 g/mol. The summed E-state index contributed by atoms with van der Waals surface area (Å²) in [6.07, 6.45) is 1.75. The second-order valence-corrected chi connectivity index (χ2v) is 3.39. The molecule has 0 spiro atoms. The summed E-state index contributed by atoms with van der Waals surface area (Å²) in [5.74, 6) is 0.0982. The van der Waals surface area contributed by atoms with Crippen LogP contribution in [0.4, 0.5) is 0 Å². The van der Waals surface area contributed by atoms with Crippen molar-refractivity contribution >= 4 is 16.7 Å². The lowest BCUT2D eigenvalue weighted by Gasteiger charge is -2.05. The Labute approximate surface area is 82.6 Å². The van der Waals surface area contributed by atoms with Crippen molar-refractivity contribution in [2.75, 3.05) is 0 Å². The SMILES string of the molecule is CC(=O)c1c(C)cnc2ccccc12. The molecule has 0 aliphatic carbocycles. The molecule has 0 amide bonds. The van der Waals surface area contributed by atoms with Crippen LogP contribution >= 0.6 is 0 Å². The number of pyridine rings is 1. The fourth-order valence-electron chi connectivity index (χ4n) is 1.71. The molecule has 0 aliphatic rings. The van der Waals surface area contributed by atoms with Crippen LogP contribution in [-0.2, 0) is 0 Å². The van der Waals surface area contributed by atoms with Gasteiger partial charge in [0.15, 0.2) is 5.78 Å². The zero-order valence-corrected chi connectivity index (χ0v) is 8.24. The molecule has 1 aromatic carbocycles. The fourth-order valence-corrected chi connectivity index (χ4v) is 1.71. The molecular weight excluding hydrogens is 174 g/mol. The lowest BCUT2D eigenvalue weighted by Crippen LogP contribution is -1.98. The molecule has 1 heterocycles. The standard InChI is InChI=1S/C12H11NO/c1-8-7-13-11-6-4-3-5-10(11)12(8)9(2)14/h3-7H,1-2H3. The second-order valence-electron chi connectivity index (χ2n) is 3.39. The number of nitrogens with zero attached hydrogens (tertiary/aromatic N) is 1. The molecule has 0 atom stereocenters. The minimum absolute atomic E-state index is 0.0982. The monoisotopic (exact) mass is 185 g/mol. The lowest BCUT2D eigenvalue weighted by atomic mass is 10.0. The molecule has 2 heteroatoms. The van der Waals surface area contributed by atoms with E-state index in [1.54, 1.807) is 13.1 Å². The summed E-state index contributed by atoms with van der Waals surface area (Å²) >= 11 is 0. The Bertz CT molecular complexity index is 503. The third-order valence-electron chi connectivity index (χ3n) is 2.32. The number of benzene rings is 1. The van der Waals surface area contributed by atoms with Crippen molar-refractivity contribution in [3.05, 3.63) is 41.6 Å². The van der Waals surface area contributed by atoms with Crippen LogP contribution in [0.5, 0.6) is 0 Å². The van der Waals surface area contributed by atoms with E-state index in [0.29, 0.717) is 0 Å². The number of hydrogen-bond donors (Lipinski definition) is 0. The first-order valence-electron chi connectivity index (χ1n) is 4.55. The number of carbonyl (C=O) groups excluding carboxylic acids is 1. The molecule has 2 aromatic rings. The van der Waals surface area contributed by atoms with Gasteiger partial charge in [-0.3, -0.25) is 9.78 Å². The van der Waals surface area contributed by atoms with Crippen LogP contribution in [0, 0.1) is 6.92 Å². The summed E-state index contributed by atoms with van der Waals surface area (Å²) in [6.45, 7) is 3.50. The minimum Gasteiger partial charge on any atom is -0.294 e. The summed E-state index contributed by atoms with van der Waals surface area (Å²) in [6, 6.07) is 7.71. The number of carbonyl (C=O) groups is 1. The van der Waals surface area contributed by atoms with Crippen LogP contribution in [-0.4, -0.2) is 10.8 Å². The van der Waals surface area contributed by atoms with Gasteiger partial charge in [0.2, 0.25) is 0 Å². The number of Topliss-reactive ketones (excluding diaryl/α,β-unsaturated/α-hetero) is 1. The van der Waals surface area contributed by atoms with Crippen molar-refractivity contribution < 1.29 is 4.79 Å². The van der Waals surface area contributed by atoms with Gasteiger partial charge in [-0.25, -0.2) is 0 Å². The number of rotatable bonds is 1. The Morgan fingerprint density at radius 2 is 2.00 bits per heavy atom. The molecule has 0 aliphatic heterocycles. The first-order chi connectivity index (χ1) is 6.70. The van der Waals surface area contributed by atoms with Crippen molar-refractivity contribution in [1.82, 2.24) is 4.98 Å². The van der Waals surface area contributed by atoms with Gasteiger partial charge in [0.1, 0.15) is 0 Å². The van der Waals surface area contributed by atoms with Gasteiger partial charge in [-0.15, -0.1) is 0 Å². The summed E-state index contributed by atoms with van der Waals surface area (Å²) in [5, 5.41) is 0.944. The predicted octanol–water partition coefficient (Wildman–Crippen LogP) is 2.75. The van der Waals surface area contributed by atoms with Crippen LogP contribution in [0.1, 0.15) is 22.8 Å². The molecule has 0 radical (unpaired) electrons. The average Bonchev–Trinajstić information content (AvgIpc) is 2.17. The van der Waals surface area contributed by atoms with Gasteiger partial charge < -0.3 is 0 Å². The van der Waals surface area contributed by atoms with Gasteiger partial charge in [0, 0.05) is 17.1 Å². The number of aromatic nitrogens is 1. The van der Waals surface area contributed by atoms with E-state index in [-0.39, 0.29) is 5.78 Å². The van der Waals surface area contributed by atoms with Gasteiger partial charge in [0.05, 0.1) is 5.52 Å². The highest BCUT2D eigenvalue weighted by Gasteiger charge is 2.08. The fraction of sp³-hybridized carbons (Fsp3) is 0.167. The first-order valence-corrected chi connectivity index (χ1v) is 4.55. The molecule has 0 N–H and O–H groups in total. The van der Waals surface area contributed by atoms with E-state index in [0.717, 1.165) is 22.0 Å². The summed E-state index contributed by atoms with van der Waals surface area (Å²) < 4.78 is 0. The van der Waals surface area contributed by atoms with Gasteiger partial charge in [0.25, 0.3) is 0 Å². The maximum absolute atomic E-state index is 11.5. The van der Waals surface area contributed by atoms with Crippen molar-refractivity contribution in [3.63, 3.8) is 0 Å². The summed E-state index contributed by atoms with van der Waals surface area (Å²) in [5.41, 5.74) is 2.61. The topological polar surface area (TPSA) is 30.0 Å². The maximum atomic E-state index is 11.5. The van der Waals surface area contributed by atoms with Crippen LogP contribution in [0.25, 0.3) is 10.9 Å². The van der Waals surface area contributed by atoms with Crippen molar-refractivity contribution in [1.29, 1.82) is 0 Å². The highest BCUT2D eigenvalue weighted by atomic mass is 16.1. The molecule has 14 heavy (non-hydrogen) atoms. The molecule has 0 bridgehead atoms. The zero-order valence-electron chi connectivity index (χ0n) is 8.24. The molecule has 0 saturated carbocycles. The second kappa shape index (κ2) is 3.22. The predicted molar refractivity (Wildman–Crippen MR) is 56.5 cm³/mol. The Hall–Kier alpha value is -1.70. The Balaban J connectivity index is 2.90. The van der Waals surface area contributed by atoms with E-state index in [2.05, 4.69) is 4.98 Å². The number of para-hydroxylation sites is 1. The summed E-state index contributed by atoms with van der Waals surface area (Å²) in [4.78, 5) is 15.7. The van der Waals surface area contributed by atoms with Crippen LogP contribution in [0.15, 0.2) is 30.5 Å². The number of hydrogen-bond acceptors (Lipinski definition) is 2. The molecule has 1 aromatic heterocycles. The van der Waals surface area contributed by atoms with Crippen molar-refractivity contribution in [3.8, 4) is 0 Å². The van der Waals surface area contributed by atoms with E-state index in [9.17, 15) is 4.79 Å². The maximum Gasteiger partial charge on any atom is 0.160 e. The number of ketones is 1. The van der Waals surface area contributed by atoms with Crippen LogP contribution < -0.4 is 0 Å². The third kappa shape index (κ3) is 1.29. The largest absolute Gasteiger partial charge is 0.294 e. The molecular formula is C12H11NO.